The molecule has 2 aliphatic rings. The molecule has 3 rings (SSSR count). The van der Waals surface area contributed by atoms with Crippen LogP contribution in [0.25, 0.3) is 0 Å². The van der Waals surface area contributed by atoms with Crippen molar-refractivity contribution < 1.29 is 14.4 Å². The van der Waals surface area contributed by atoms with E-state index in [4.69, 9.17) is 9.26 Å². The molecule has 0 spiro atoms. The fourth-order valence-electron chi connectivity index (χ4n) is 2.27. The van der Waals surface area contributed by atoms with E-state index in [1.165, 1.54) is 0 Å². The summed E-state index contributed by atoms with van der Waals surface area (Å²) >= 11 is 0. The molecule has 1 saturated carbocycles. The fraction of sp³-hybridized carbons (Fsp3) is 0.818. The van der Waals surface area contributed by atoms with E-state index >= 15 is 0 Å². The van der Waals surface area contributed by atoms with Crippen LogP contribution < -0.4 is 0 Å². The van der Waals surface area contributed by atoms with Gasteiger partial charge in [-0.3, -0.25) is 0 Å². The lowest BCUT2D eigenvalue weighted by Crippen LogP contribution is -2.35. The molecule has 2 fully saturated rings. The van der Waals surface area contributed by atoms with E-state index < -0.39 is 0 Å². The van der Waals surface area contributed by atoms with Crippen LogP contribution in [-0.2, 0) is 4.74 Å². The van der Waals surface area contributed by atoms with Gasteiger partial charge in [0.05, 0.1) is 12.7 Å². The molecule has 1 aromatic rings. The Morgan fingerprint density at radius 3 is 2.94 bits per heavy atom. The molecule has 1 aliphatic heterocycles. The number of morpholine rings is 1. The summed E-state index contributed by atoms with van der Waals surface area (Å²) in [4.78, 5) is 6.58. The summed E-state index contributed by atoms with van der Waals surface area (Å²) < 4.78 is 10.9. The first-order valence-corrected chi connectivity index (χ1v) is 6.04. The van der Waals surface area contributed by atoms with Gasteiger partial charge in [0.25, 0.3) is 0 Å². The number of rotatable bonds is 2. The largest absolute Gasteiger partial charge is 0.393 e. The topological polar surface area (TPSA) is 71.6 Å². The van der Waals surface area contributed by atoms with Gasteiger partial charge in [-0.2, -0.15) is 4.98 Å². The fourth-order valence-corrected chi connectivity index (χ4v) is 2.27. The summed E-state index contributed by atoms with van der Waals surface area (Å²) in [6.45, 7) is 2.44. The van der Waals surface area contributed by atoms with Crippen LogP contribution in [0.15, 0.2) is 4.52 Å². The second-order valence-electron chi connectivity index (χ2n) is 4.93. The van der Waals surface area contributed by atoms with Crippen molar-refractivity contribution in [2.24, 2.45) is 0 Å². The molecule has 94 valence electrons. The molecule has 6 nitrogen and oxygen atoms in total. The van der Waals surface area contributed by atoms with Gasteiger partial charge in [-0.15, -0.1) is 0 Å². The summed E-state index contributed by atoms with van der Waals surface area (Å²) in [6.07, 6.45) is 1.17. The summed E-state index contributed by atoms with van der Waals surface area (Å²) in [5, 5.41) is 13.2. The minimum atomic E-state index is -0.201. The maximum absolute atomic E-state index is 9.25. The number of aliphatic hydroxyl groups is 1. The van der Waals surface area contributed by atoms with Gasteiger partial charge in [0, 0.05) is 19.0 Å². The Morgan fingerprint density at radius 1 is 1.41 bits per heavy atom. The predicted octanol–water partition coefficient (Wildman–Crippen LogP) is 0.311. The van der Waals surface area contributed by atoms with Crippen molar-refractivity contribution in [2.75, 3.05) is 26.7 Å². The Morgan fingerprint density at radius 2 is 2.24 bits per heavy atom. The third-order valence-electron chi connectivity index (χ3n) is 3.48. The molecule has 1 aliphatic carbocycles. The van der Waals surface area contributed by atoms with E-state index in [-0.39, 0.29) is 18.1 Å². The quantitative estimate of drug-likeness (QED) is 0.801. The lowest BCUT2D eigenvalue weighted by Gasteiger charge is -2.28. The number of hydrogen-bond acceptors (Lipinski definition) is 6. The highest BCUT2D eigenvalue weighted by Gasteiger charge is 2.34. The first-order chi connectivity index (χ1) is 8.22. The van der Waals surface area contributed by atoms with Crippen LogP contribution in [0.1, 0.15) is 36.6 Å². The zero-order valence-electron chi connectivity index (χ0n) is 9.87. The van der Waals surface area contributed by atoms with E-state index in [9.17, 15) is 5.11 Å². The Kier molecular flexibility index (Phi) is 2.85. The lowest BCUT2D eigenvalue weighted by molar-refractivity contribution is -0.0264. The zero-order valence-corrected chi connectivity index (χ0v) is 9.87. The third-order valence-corrected chi connectivity index (χ3v) is 3.48. The molecule has 0 radical (unpaired) electrons. The van der Waals surface area contributed by atoms with Gasteiger partial charge in [0.1, 0.15) is 6.10 Å². The molecular weight excluding hydrogens is 222 g/mol. The molecule has 1 atom stereocenters. The van der Waals surface area contributed by atoms with E-state index in [2.05, 4.69) is 22.1 Å². The van der Waals surface area contributed by atoms with Crippen LogP contribution in [0.3, 0.4) is 0 Å². The van der Waals surface area contributed by atoms with Crippen LogP contribution >= 0.6 is 0 Å². The monoisotopic (exact) mass is 239 g/mol. The second kappa shape index (κ2) is 4.36. The SMILES string of the molecule is CN1CCOC(c2noc(C3CC(O)C3)n2)C1. The molecule has 2 heterocycles. The average molecular weight is 239 g/mol. The molecule has 6 heteroatoms. The van der Waals surface area contributed by atoms with Crippen LogP contribution in [0, 0.1) is 0 Å². The number of nitrogens with zero attached hydrogens (tertiary/aromatic N) is 3. The highest BCUT2D eigenvalue weighted by Crippen LogP contribution is 2.36. The molecule has 0 aromatic carbocycles. The Labute approximate surface area is 99.6 Å². The molecule has 0 amide bonds. The third kappa shape index (κ3) is 2.20. The molecule has 1 aromatic heterocycles. The van der Waals surface area contributed by atoms with Gasteiger partial charge in [-0.05, 0) is 19.9 Å². The van der Waals surface area contributed by atoms with E-state index in [0.717, 1.165) is 25.9 Å². The maximum atomic E-state index is 9.25. The molecule has 1 saturated heterocycles. The Hall–Kier alpha value is -0.980. The van der Waals surface area contributed by atoms with Gasteiger partial charge in [-0.1, -0.05) is 5.16 Å². The van der Waals surface area contributed by atoms with Crippen LogP contribution in [0.5, 0.6) is 0 Å². The first-order valence-electron chi connectivity index (χ1n) is 6.04. The van der Waals surface area contributed by atoms with Gasteiger partial charge in [-0.25, -0.2) is 0 Å². The van der Waals surface area contributed by atoms with Gasteiger partial charge in [0.2, 0.25) is 11.7 Å². The lowest BCUT2D eigenvalue weighted by atomic mass is 9.82. The van der Waals surface area contributed by atoms with Gasteiger partial charge < -0.3 is 19.3 Å². The molecule has 1 N–H and O–H groups in total. The highest BCUT2D eigenvalue weighted by atomic mass is 16.5. The predicted molar refractivity (Wildman–Crippen MR) is 58.5 cm³/mol. The number of aromatic nitrogens is 2. The highest BCUT2D eigenvalue weighted by molar-refractivity contribution is 5.03. The molecule has 0 bridgehead atoms. The van der Waals surface area contributed by atoms with Crippen molar-refractivity contribution in [2.45, 2.75) is 31.0 Å². The maximum Gasteiger partial charge on any atom is 0.230 e. The van der Waals surface area contributed by atoms with Crippen LogP contribution in [0.4, 0.5) is 0 Å². The average Bonchev–Trinajstić information content (AvgIpc) is 2.74. The normalized spacial score (nSPS) is 34.6. The van der Waals surface area contributed by atoms with Gasteiger partial charge in [0.15, 0.2) is 0 Å². The Balaban J connectivity index is 1.67. The minimum Gasteiger partial charge on any atom is -0.393 e. The smallest absolute Gasteiger partial charge is 0.230 e. The van der Waals surface area contributed by atoms with E-state index in [1.54, 1.807) is 0 Å². The van der Waals surface area contributed by atoms with E-state index in [1.807, 2.05) is 0 Å². The van der Waals surface area contributed by atoms with Crippen molar-refractivity contribution in [1.29, 1.82) is 0 Å². The minimum absolute atomic E-state index is 0.0868. The van der Waals surface area contributed by atoms with Crippen LogP contribution in [0.2, 0.25) is 0 Å². The first kappa shape index (κ1) is 11.1. The van der Waals surface area contributed by atoms with Crippen molar-refractivity contribution in [3.63, 3.8) is 0 Å². The Bertz CT molecular complexity index is 389. The standard InChI is InChI=1S/C11H17N3O3/c1-14-2-3-16-9(6-14)10-12-11(17-13-10)7-4-8(15)5-7/h7-9,15H,2-6H2,1H3. The zero-order chi connectivity index (χ0) is 11.8. The molecule has 17 heavy (non-hydrogen) atoms. The summed E-state index contributed by atoms with van der Waals surface area (Å²) in [7, 11) is 2.05. The van der Waals surface area contributed by atoms with Crippen molar-refractivity contribution in [3.05, 3.63) is 11.7 Å². The summed E-state index contributed by atoms with van der Waals surface area (Å²) in [6, 6.07) is 0. The second-order valence-corrected chi connectivity index (χ2v) is 4.93. The van der Waals surface area contributed by atoms with Crippen molar-refractivity contribution >= 4 is 0 Å². The van der Waals surface area contributed by atoms with Crippen molar-refractivity contribution in [3.8, 4) is 0 Å². The number of ether oxygens (including phenoxy) is 1. The molecular formula is C11H17N3O3. The van der Waals surface area contributed by atoms with Gasteiger partial charge >= 0.3 is 0 Å². The van der Waals surface area contributed by atoms with Crippen LogP contribution in [-0.4, -0.2) is 53.0 Å². The van der Waals surface area contributed by atoms with Crippen molar-refractivity contribution in [1.82, 2.24) is 15.0 Å². The summed E-state index contributed by atoms with van der Waals surface area (Å²) in [5.74, 6) is 1.50. The number of hydrogen-bond donors (Lipinski definition) is 1. The number of likely N-dealkylation sites (N-methyl/N-ethyl adjacent to an activating group) is 1. The summed E-state index contributed by atoms with van der Waals surface area (Å²) in [5.41, 5.74) is 0. The molecule has 1 unspecified atom stereocenters. The number of aliphatic hydroxyl groups excluding tert-OH is 1. The van der Waals surface area contributed by atoms with E-state index in [0.29, 0.717) is 18.3 Å².